The fourth-order valence-corrected chi connectivity index (χ4v) is 6.05. The summed E-state index contributed by atoms with van der Waals surface area (Å²) in [4.78, 5) is 16.8. The van der Waals surface area contributed by atoms with Crippen molar-refractivity contribution in [2.24, 2.45) is 5.73 Å². The number of carbonyl (C=O) groups is 1. The number of thiophene rings is 1. The molecule has 176 valence electrons. The molecule has 0 unspecified atom stereocenters. The summed E-state index contributed by atoms with van der Waals surface area (Å²) in [6, 6.07) is 13.3. The monoisotopic (exact) mass is 478 g/mol. The van der Waals surface area contributed by atoms with Crippen molar-refractivity contribution < 1.29 is 13.9 Å². The summed E-state index contributed by atoms with van der Waals surface area (Å²) in [6.45, 7) is 6.35. The number of rotatable bonds is 5. The van der Waals surface area contributed by atoms with Crippen molar-refractivity contribution in [3.8, 4) is 6.07 Å². The Bertz CT molecular complexity index is 1280. The highest BCUT2D eigenvalue weighted by molar-refractivity contribution is 7.19. The summed E-state index contributed by atoms with van der Waals surface area (Å²) in [7, 11) is 0. The highest BCUT2D eigenvalue weighted by atomic mass is 32.1. The minimum atomic E-state index is -0.401. The van der Waals surface area contributed by atoms with Crippen LogP contribution < -0.4 is 10.6 Å². The van der Waals surface area contributed by atoms with Crippen LogP contribution in [0.1, 0.15) is 45.8 Å². The molecule has 0 spiro atoms. The van der Waals surface area contributed by atoms with Crippen LogP contribution in [0.25, 0.3) is 10.1 Å². The van der Waals surface area contributed by atoms with Crippen LogP contribution in [0.4, 0.5) is 10.1 Å². The fourth-order valence-electron chi connectivity index (χ4n) is 5.17. The third-order valence-corrected chi connectivity index (χ3v) is 8.02. The molecule has 1 saturated heterocycles. The number of nitriles is 1. The lowest BCUT2D eigenvalue weighted by molar-refractivity contribution is 0.0255. The zero-order valence-corrected chi connectivity index (χ0v) is 19.9. The maximum Gasteiger partial charge on any atom is 0.248 e. The van der Waals surface area contributed by atoms with Crippen LogP contribution in [0, 0.1) is 17.1 Å². The number of carbonyl (C=O) groups excluding carboxylic acids is 1. The summed E-state index contributed by atoms with van der Waals surface area (Å²) in [5.41, 5.74) is 9.29. The number of piperazine rings is 1. The maximum atomic E-state index is 14.3. The Morgan fingerprint density at radius 1 is 1.29 bits per heavy atom. The molecule has 1 aromatic heterocycles. The molecule has 8 heteroatoms. The number of benzene rings is 2. The van der Waals surface area contributed by atoms with Gasteiger partial charge in [0.25, 0.3) is 0 Å². The van der Waals surface area contributed by atoms with Crippen LogP contribution in [-0.2, 0) is 11.2 Å². The van der Waals surface area contributed by atoms with Crippen molar-refractivity contribution in [3.63, 3.8) is 0 Å². The van der Waals surface area contributed by atoms with Gasteiger partial charge in [-0.25, -0.2) is 4.39 Å². The molecule has 34 heavy (non-hydrogen) atoms. The molecule has 1 amide bonds. The molecule has 3 heterocycles. The number of primary amides is 1. The number of nitrogens with two attached hydrogens (primary N) is 1. The number of amides is 1. The number of hydrogen-bond donors (Lipinski definition) is 1. The molecule has 5 rings (SSSR count). The van der Waals surface area contributed by atoms with E-state index in [0.717, 1.165) is 61.2 Å². The quantitative estimate of drug-likeness (QED) is 0.594. The molecule has 2 aromatic carbocycles. The van der Waals surface area contributed by atoms with Crippen LogP contribution in [0.3, 0.4) is 0 Å². The second kappa shape index (κ2) is 9.34. The van der Waals surface area contributed by atoms with Gasteiger partial charge in [-0.2, -0.15) is 5.26 Å². The van der Waals surface area contributed by atoms with Gasteiger partial charge >= 0.3 is 0 Å². The van der Waals surface area contributed by atoms with E-state index in [2.05, 4.69) is 22.8 Å². The highest BCUT2D eigenvalue weighted by Crippen LogP contribution is 2.36. The van der Waals surface area contributed by atoms with E-state index in [0.29, 0.717) is 27.8 Å². The molecule has 0 bridgehead atoms. The van der Waals surface area contributed by atoms with E-state index in [4.69, 9.17) is 10.5 Å². The topological polar surface area (TPSA) is 82.6 Å². The zero-order valence-electron chi connectivity index (χ0n) is 19.1. The summed E-state index contributed by atoms with van der Waals surface area (Å²) in [5.74, 6) is -0.671. The second-order valence-electron chi connectivity index (χ2n) is 9.04. The number of nitrogens with zero attached hydrogens (tertiary/aromatic N) is 3. The molecule has 2 aliphatic heterocycles. The Labute approximate surface area is 202 Å². The Balaban J connectivity index is 1.25. The lowest BCUT2D eigenvalue weighted by Crippen LogP contribution is -2.52. The van der Waals surface area contributed by atoms with E-state index in [1.54, 1.807) is 12.1 Å². The maximum absolute atomic E-state index is 14.3. The standard InChI is InChI=1S/C26H27FN4O2S/c1-16-15-31(23-5-4-22(27)25-21(23)13-19(14-28)34-25)10-9-30(16)8-6-24-20-3-2-18(26(29)32)12-17(20)7-11-33-24/h2-5,12-13,16,24H,6-11,15H2,1H3,(H2,29,32)/t16-,24+/m1/s1. The Hall–Kier alpha value is -2.99. The second-order valence-corrected chi connectivity index (χ2v) is 10.1. The number of anilines is 1. The normalized spacial score (nSPS) is 20.8. The molecule has 6 nitrogen and oxygen atoms in total. The molecule has 2 N–H and O–H groups in total. The van der Waals surface area contributed by atoms with Crippen molar-refractivity contribution in [2.45, 2.75) is 31.9 Å². The van der Waals surface area contributed by atoms with Gasteiger partial charge in [0.1, 0.15) is 16.8 Å². The van der Waals surface area contributed by atoms with Crippen molar-refractivity contribution in [2.75, 3.05) is 37.7 Å². The van der Waals surface area contributed by atoms with Gasteiger partial charge < -0.3 is 15.4 Å². The largest absolute Gasteiger partial charge is 0.373 e. The van der Waals surface area contributed by atoms with E-state index in [-0.39, 0.29) is 11.9 Å². The van der Waals surface area contributed by atoms with Crippen molar-refractivity contribution in [3.05, 3.63) is 63.8 Å². The average molecular weight is 479 g/mol. The Kier molecular flexibility index (Phi) is 6.26. The molecule has 2 atom stereocenters. The van der Waals surface area contributed by atoms with E-state index in [9.17, 15) is 14.4 Å². The summed E-state index contributed by atoms with van der Waals surface area (Å²) in [6.07, 6.45) is 1.69. The number of fused-ring (bicyclic) bond motifs is 2. The summed E-state index contributed by atoms with van der Waals surface area (Å²) < 4.78 is 20.9. The molecular formula is C26H27FN4O2S. The predicted octanol–water partition coefficient (Wildman–Crippen LogP) is 4.23. The van der Waals surface area contributed by atoms with Gasteiger partial charge in [-0.15, -0.1) is 11.3 Å². The first-order chi connectivity index (χ1) is 16.4. The van der Waals surface area contributed by atoms with Crippen LogP contribution in [-0.4, -0.2) is 49.6 Å². The van der Waals surface area contributed by atoms with E-state index in [1.807, 2.05) is 18.2 Å². The first kappa shape index (κ1) is 22.8. The number of halogens is 1. The van der Waals surface area contributed by atoms with Gasteiger partial charge in [-0.05, 0) is 61.2 Å². The lowest BCUT2D eigenvalue weighted by Gasteiger charge is -2.42. The highest BCUT2D eigenvalue weighted by Gasteiger charge is 2.28. The molecule has 0 aliphatic carbocycles. The van der Waals surface area contributed by atoms with Gasteiger partial charge in [0.05, 0.1) is 17.4 Å². The van der Waals surface area contributed by atoms with Crippen molar-refractivity contribution >= 4 is 33.0 Å². The fraction of sp³-hybridized carbons (Fsp3) is 0.385. The minimum absolute atomic E-state index is 0.0165. The first-order valence-electron chi connectivity index (χ1n) is 11.6. The van der Waals surface area contributed by atoms with Gasteiger partial charge in [-0.3, -0.25) is 9.69 Å². The third kappa shape index (κ3) is 4.27. The SMILES string of the molecule is C[C@@H]1CN(c2ccc(F)c3sc(C#N)cc23)CCN1CC[C@@H]1OCCc2cc(C(N)=O)ccc21. The predicted molar refractivity (Wildman–Crippen MR) is 132 cm³/mol. The van der Waals surface area contributed by atoms with Crippen molar-refractivity contribution in [1.29, 1.82) is 5.26 Å². The van der Waals surface area contributed by atoms with Gasteiger partial charge in [0.15, 0.2) is 0 Å². The number of ether oxygens (including phenoxy) is 1. The average Bonchev–Trinajstić information content (AvgIpc) is 3.28. The van der Waals surface area contributed by atoms with E-state index >= 15 is 0 Å². The molecule has 3 aromatic rings. The molecule has 2 aliphatic rings. The Morgan fingerprint density at radius 3 is 2.91 bits per heavy atom. The molecular weight excluding hydrogens is 451 g/mol. The molecule has 0 saturated carbocycles. The van der Waals surface area contributed by atoms with Gasteiger partial charge in [0.2, 0.25) is 5.91 Å². The van der Waals surface area contributed by atoms with Gasteiger partial charge in [0, 0.05) is 48.9 Å². The van der Waals surface area contributed by atoms with Gasteiger partial charge in [-0.1, -0.05) is 6.07 Å². The Morgan fingerprint density at radius 2 is 2.15 bits per heavy atom. The zero-order chi connectivity index (χ0) is 23.8. The van der Waals surface area contributed by atoms with Crippen LogP contribution in [0.5, 0.6) is 0 Å². The van der Waals surface area contributed by atoms with Crippen LogP contribution >= 0.6 is 11.3 Å². The smallest absolute Gasteiger partial charge is 0.248 e. The van der Waals surface area contributed by atoms with Crippen LogP contribution in [0.15, 0.2) is 36.4 Å². The molecule has 0 radical (unpaired) electrons. The number of hydrogen-bond acceptors (Lipinski definition) is 6. The lowest BCUT2D eigenvalue weighted by atomic mass is 9.93. The van der Waals surface area contributed by atoms with E-state index < -0.39 is 5.91 Å². The molecule has 1 fully saturated rings. The van der Waals surface area contributed by atoms with E-state index in [1.165, 1.54) is 17.4 Å². The summed E-state index contributed by atoms with van der Waals surface area (Å²) in [5, 5.41) is 10.1. The minimum Gasteiger partial charge on any atom is -0.373 e. The van der Waals surface area contributed by atoms with Crippen molar-refractivity contribution in [1.82, 2.24) is 4.90 Å². The summed E-state index contributed by atoms with van der Waals surface area (Å²) >= 11 is 1.21. The first-order valence-corrected chi connectivity index (χ1v) is 12.4. The van der Waals surface area contributed by atoms with Crippen LogP contribution in [0.2, 0.25) is 0 Å². The third-order valence-electron chi connectivity index (χ3n) is 6.97.